The molecule has 31 heteroatoms. The Bertz CT molecular complexity index is 2520. The Hall–Kier alpha value is -8.39. The second kappa shape index (κ2) is 36.9. The highest BCUT2D eigenvalue weighted by Gasteiger charge is 2.32. The average Bonchev–Trinajstić information content (AvgIpc) is 3.53. The molecule has 14 N–H and O–H groups in total. The molecular formula is C52H73N11O19S. The first kappa shape index (κ1) is 68.9. The first-order valence-corrected chi connectivity index (χ1v) is 26.8. The Morgan fingerprint density at radius 2 is 0.699 bits per heavy atom. The number of aliphatic carboxylic acids is 7. The molecule has 5 amide bonds. The zero-order chi connectivity index (χ0) is 61.4. The molecule has 0 aliphatic carbocycles. The van der Waals surface area contributed by atoms with Crippen LogP contribution in [0.4, 0.5) is 0 Å². The molecule has 5 atom stereocenters. The zero-order valence-corrected chi connectivity index (χ0v) is 46.3. The number of carboxylic acids is 7. The van der Waals surface area contributed by atoms with Crippen LogP contribution in [0.15, 0.2) is 60.7 Å². The fraction of sp³-hybridized carbons (Fsp3) is 0.519. The van der Waals surface area contributed by atoms with Gasteiger partial charge in [0, 0.05) is 97.6 Å². The van der Waals surface area contributed by atoms with Crippen LogP contribution in [-0.2, 0) is 70.4 Å². The Labute approximate surface area is 482 Å². The van der Waals surface area contributed by atoms with Crippen LogP contribution < -0.4 is 37.2 Å². The first-order valence-electron chi connectivity index (χ1n) is 26.4. The zero-order valence-electron chi connectivity index (χ0n) is 45.4. The second-order valence-corrected chi connectivity index (χ2v) is 19.8. The summed E-state index contributed by atoms with van der Waals surface area (Å²) in [4.78, 5) is 156. The summed E-state index contributed by atoms with van der Waals surface area (Å²) in [5.41, 5.74) is 1.17. The topological polar surface area (TPSA) is 444 Å². The molecule has 0 aromatic heterocycles. The Morgan fingerprint density at radius 1 is 0.386 bits per heavy atom. The number of hydrogen-bond acceptors (Lipinski definition) is 17. The van der Waals surface area contributed by atoms with Gasteiger partial charge >= 0.3 is 41.8 Å². The van der Waals surface area contributed by atoms with E-state index in [2.05, 4.69) is 37.2 Å². The van der Waals surface area contributed by atoms with Gasteiger partial charge in [-0.15, -0.1) is 0 Å². The van der Waals surface area contributed by atoms with Gasteiger partial charge in [-0.3, -0.25) is 62.8 Å². The standard InChI is InChI=1S/C52H73N11O19S/c64-40(53-17-18-54-41(65)15-12-36(50(79)80)58-52(83)59-37(51(81)82)13-16-43(67)68)14-11-35(49(77)78)56-48(76)39(28-34-9-5-2-6-10-34)57-47(75)38(27-33-7-3-1-4-8-33)55-42(66)29-60-19-21-61(30-44(69)70)23-25-63(32-46(73)74)26-24-62(22-20-60)31-45(71)72/h1-10,35-39H,11-32H2,(H,53,64)(H,54,65)(H,55,66)(H,56,76)(H,57,75)(H,67,68)(H,69,70)(H,71,72)(H,73,74)(H,77,78)(H,79,80)(H,81,82)(H2,58,59,83)/t35-,36+,37+,38?,39?/m1/s1. The number of hydrogen-bond donors (Lipinski definition) is 14. The molecule has 456 valence electrons. The van der Waals surface area contributed by atoms with E-state index in [1.165, 1.54) is 0 Å². The van der Waals surface area contributed by atoms with Crippen molar-refractivity contribution >= 4 is 88.7 Å². The molecular weight excluding hydrogens is 1110 g/mol. The van der Waals surface area contributed by atoms with Crippen molar-refractivity contribution in [3.8, 4) is 0 Å². The molecule has 0 bridgehead atoms. The Morgan fingerprint density at radius 3 is 1.04 bits per heavy atom. The summed E-state index contributed by atoms with van der Waals surface area (Å²) in [6, 6.07) is 9.72. The highest BCUT2D eigenvalue weighted by molar-refractivity contribution is 7.80. The molecule has 1 saturated heterocycles. The number of carbonyl (C=O) groups excluding carboxylic acids is 5. The highest BCUT2D eigenvalue weighted by Crippen LogP contribution is 2.10. The van der Waals surface area contributed by atoms with E-state index >= 15 is 0 Å². The summed E-state index contributed by atoms with van der Waals surface area (Å²) in [7, 11) is 0. The number of nitrogens with zero attached hydrogens (tertiary/aromatic N) is 4. The van der Waals surface area contributed by atoms with Gasteiger partial charge in [-0.25, -0.2) is 14.4 Å². The van der Waals surface area contributed by atoms with Gasteiger partial charge in [0.1, 0.15) is 30.2 Å². The van der Waals surface area contributed by atoms with Crippen molar-refractivity contribution in [1.82, 2.24) is 56.8 Å². The monoisotopic (exact) mass is 1190 g/mol. The molecule has 1 fully saturated rings. The minimum atomic E-state index is -1.65. The van der Waals surface area contributed by atoms with Gasteiger partial charge in [0.2, 0.25) is 29.5 Å². The molecule has 1 heterocycles. The van der Waals surface area contributed by atoms with E-state index in [1.807, 2.05) is 0 Å². The number of rotatable bonds is 34. The van der Waals surface area contributed by atoms with Crippen molar-refractivity contribution in [2.45, 2.75) is 81.6 Å². The fourth-order valence-corrected chi connectivity index (χ4v) is 8.70. The van der Waals surface area contributed by atoms with Crippen molar-refractivity contribution in [3.63, 3.8) is 0 Å². The van der Waals surface area contributed by atoms with Gasteiger partial charge in [-0.2, -0.15) is 0 Å². The quantitative estimate of drug-likeness (QED) is 0.0239. The van der Waals surface area contributed by atoms with Crippen molar-refractivity contribution in [3.05, 3.63) is 71.8 Å². The van der Waals surface area contributed by atoms with Gasteiger partial charge in [0.25, 0.3) is 0 Å². The van der Waals surface area contributed by atoms with E-state index in [-0.39, 0.29) is 111 Å². The maximum atomic E-state index is 14.4. The molecule has 0 radical (unpaired) electrons. The summed E-state index contributed by atoms with van der Waals surface area (Å²) in [5, 5.41) is 83.8. The third-order valence-electron chi connectivity index (χ3n) is 12.8. The maximum absolute atomic E-state index is 14.4. The second-order valence-electron chi connectivity index (χ2n) is 19.4. The van der Waals surface area contributed by atoms with Crippen LogP contribution in [0.5, 0.6) is 0 Å². The Kier molecular flexibility index (Phi) is 30.6. The summed E-state index contributed by atoms with van der Waals surface area (Å²) < 4.78 is 0. The smallest absolute Gasteiger partial charge is 0.326 e. The minimum Gasteiger partial charge on any atom is -0.481 e. The third kappa shape index (κ3) is 29.2. The van der Waals surface area contributed by atoms with E-state index in [1.54, 1.807) is 80.3 Å². The van der Waals surface area contributed by atoms with Crippen molar-refractivity contribution in [1.29, 1.82) is 0 Å². The van der Waals surface area contributed by atoms with Crippen LogP contribution in [0.25, 0.3) is 0 Å². The fourth-order valence-electron chi connectivity index (χ4n) is 8.42. The number of thiocarbonyl (C=S) groups is 1. The number of carboxylic acid groups (broad SMARTS) is 7. The lowest BCUT2D eigenvalue weighted by Crippen LogP contribution is -2.57. The third-order valence-corrected chi connectivity index (χ3v) is 13.0. The van der Waals surface area contributed by atoms with Gasteiger partial charge in [0.15, 0.2) is 5.11 Å². The molecule has 0 spiro atoms. The lowest BCUT2D eigenvalue weighted by molar-refractivity contribution is -0.143. The van der Waals surface area contributed by atoms with E-state index in [9.17, 15) is 88.2 Å². The summed E-state index contributed by atoms with van der Waals surface area (Å²) in [5.74, 6) is -12.7. The summed E-state index contributed by atoms with van der Waals surface area (Å²) in [6.45, 7) is -0.707. The molecule has 1 aliphatic rings. The molecule has 2 aromatic carbocycles. The lowest BCUT2D eigenvalue weighted by Gasteiger charge is -2.33. The molecule has 0 saturated carbocycles. The number of nitrogens with one attached hydrogen (secondary N) is 7. The Balaban J connectivity index is 1.68. The molecule has 1 aliphatic heterocycles. The molecule has 83 heavy (non-hydrogen) atoms. The number of carbonyl (C=O) groups is 12. The minimum absolute atomic E-state index is 0.0756. The molecule has 2 unspecified atom stereocenters. The van der Waals surface area contributed by atoms with Crippen molar-refractivity contribution in [2.24, 2.45) is 0 Å². The highest BCUT2D eigenvalue weighted by atomic mass is 32.1. The number of benzene rings is 2. The van der Waals surface area contributed by atoms with Crippen LogP contribution >= 0.6 is 12.2 Å². The summed E-state index contributed by atoms with van der Waals surface area (Å²) in [6.07, 6.45) is -2.60. The molecule has 3 rings (SSSR count). The van der Waals surface area contributed by atoms with Gasteiger partial charge in [-0.05, 0) is 42.6 Å². The van der Waals surface area contributed by atoms with Crippen LogP contribution in [0.2, 0.25) is 0 Å². The first-order chi connectivity index (χ1) is 39.4. The average molecular weight is 1190 g/mol. The normalized spacial score (nSPS) is 15.6. The number of amides is 5. The van der Waals surface area contributed by atoms with E-state index in [0.29, 0.717) is 11.1 Å². The predicted octanol–water partition coefficient (Wildman–Crippen LogP) is -3.49. The van der Waals surface area contributed by atoms with Crippen LogP contribution in [0.3, 0.4) is 0 Å². The van der Waals surface area contributed by atoms with Gasteiger partial charge < -0.3 is 73.0 Å². The van der Waals surface area contributed by atoms with Crippen LogP contribution in [-0.4, -0.2) is 254 Å². The summed E-state index contributed by atoms with van der Waals surface area (Å²) >= 11 is 4.99. The lowest BCUT2D eigenvalue weighted by atomic mass is 10.0. The SMILES string of the molecule is O=C(O)CC[C@H](NC(=S)N[C@@H](CCC(=O)NCCNC(=O)CC[C@@H](NC(=O)C(Cc1ccccc1)NC(=O)C(Cc1ccccc1)NC(=O)CN1CCN(CC(=O)O)CCN(CC(=O)O)CCN(CC(=O)O)CC1)C(=O)O)C(=O)O)C(=O)O. The van der Waals surface area contributed by atoms with E-state index in [0.717, 1.165) is 0 Å². The molecule has 2 aromatic rings. The van der Waals surface area contributed by atoms with E-state index in [4.69, 9.17) is 17.3 Å². The van der Waals surface area contributed by atoms with Crippen LogP contribution in [0, 0.1) is 0 Å². The van der Waals surface area contributed by atoms with Crippen LogP contribution in [0.1, 0.15) is 49.7 Å². The van der Waals surface area contributed by atoms with Crippen molar-refractivity contribution < 1.29 is 93.3 Å². The van der Waals surface area contributed by atoms with E-state index < -0.39 is 139 Å². The molecule has 30 nitrogen and oxygen atoms in total. The predicted molar refractivity (Wildman–Crippen MR) is 295 cm³/mol. The van der Waals surface area contributed by atoms with Gasteiger partial charge in [0.05, 0.1) is 26.2 Å². The largest absolute Gasteiger partial charge is 0.481 e. The van der Waals surface area contributed by atoms with Gasteiger partial charge in [-0.1, -0.05) is 60.7 Å². The maximum Gasteiger partial charge on any atom is 0.326 e. The van der Waals surface area contributed by atoms with Crippen molar-refractivity contribution in [2.75, 3.05) is 91.6 Å².